The number of anilines is 1. The normalized spacial score (nSPS) is 10.4. The summed E-state index contributed by atoms with van der Waals surface area (Å²) in [6.07, 6.45) is 0. The molecule has 2 aromatic carbocycles. The molecule has 0 atom stereocenters. The van der Waals surface area contributed by atoms with Gasteiger partial charge in [0.05, 0.1) is 10.7 Å². The van der Waals surface area contributed by atoms with Crippen molar-refractivity contribution in [3.63, 3.8) is 0 Å². The number of nitro groups is 1. The number of nitrogens with zero attached hydrogens (tertiary/aromatic N) is 1. The van der Waals surface area contributed by atoms with Crippen molar-refractivity contribution in [2.75, 3.05) is 17.7 Å². The highest BCUT2D eigenvalue weighted by Gasteiger charge is 2.18. The number of nitrogens with one attached hydrogen (secondary N) is 1. The Labute approximate surface area is 167 Å². The van der Waals surface area contributed by atoms with Gasteiger partial charge < -0.3 is 10.1 Å². The Morgan fingerprint density at radius 1 is 1.04 bits per heavy atom. The van der Waals surface area contributed by atoms with Crippen LogP contribution in [0.1, 0.15) is 22.3 Å². The molecule has 0 unspecified atom stereocenters. The monoisotopic (exact) mass is 402 g/mol. The summed E-state index contributed by atoms with van der Waals surface area (Å²) in [4.78, 5) is 35.4. The van der Waals surface area contributed by atoms with E-state index in [4.69, 9.17) is 4.74 Å². The molecular weight excluding hydrogens is 380 g/mol. The maximum Gasteiger partial charge on any atom is 0.316 e. The lowest BCUT2D eigenvalue weighted by atomic mass is 10.1. The molecular formula is C20H22N2O5S. The van der Waals surface area contributed by atoms with E-state index in [9.17, 15) is 19.7 Å². The van der Waals surface area contributed by atoms with Gasteiger partial charge in [0, 0.05) is 11.0 Å². The Kier molecular flexibility index (Phi) is 7.17. The van der Waals surface area contributed by atoms with E-state index in [0.29, 0.717) is 0 Å². The standard InChI is InChI=1S/C20H22N2O5S/c1-12-5-6-16(7-13(12)2)28-11-20(24)27-10-19(23)21-17-8-14(3)15(4)9-18(17)22(25)26/h5-9H,10-11H2,1-4H3,(H,21,23). The summed E-state index contributed by atoms with van der Waals surface area (Å²) in [5.41, 5.74) is 3.74. The van der Waals surface area contributed by atoms with E-state index in [2.05, 4.69) is 5.32 Å². The molecule has 148 valence electrons. The van der Waals surface area contributed by atoms with Crippen molar-refractivity contribution < 1.29 is 19.2 Å². The molecule has 0 aliphatic heterocycles. The average Bonchev–Trinajstić information content (AvgIpc) is 2.63. The molecule has 2 aromatic rings. The SMILES string of the molecule is Cc1ccc(SCC(=O)OCC(=O)Nc2cc(C)c(C)cc2[N+](=O)[O-])cc1C. The van der Waals surface area contributed by atoms with E-state index in [-0.39, 0.29) is 17.1 Å². The molecule has 0 aliphatic rings. The van der Waals surface area contributed by atoms with Crippen LogP contribution in [0.5, 0.6) is 0 Å². The van der Waals surface area contributed by atoms with Crippen LogP contribution in [-0.4, -0.2) is 29.2 Å². The highest BCUT2D eigenvalue weighted by atomic mass is 32.2. The summed E-state index contributed by atoms with van der Waals surface area (Å²) in [5, 5.41) is 13.6. The van der Waals surface area contributed by atoms with Gasteiger partial charge in [0.2, 0.25) is 0 Å². The lowest BCUT2D eigenvalue weighted by Crippen LogP contribution is -2.22. The van der Waals surface area contributed by atoms with Crippen molar-refractivity contribution in [1.29, 1.82) is 0 Å². The molecule has 1 N–H and O–H groups in total. The number of thioether (sulfide) groups is 1. The van der Waals surface area contributed by atoms with E-state index in [1.54, 1.807) is 13.8 Å². The summed E-state index contributed by atoms with van der Waals surface area (Å²) in [5.74, 6) is -1.09. The largest absolute Gasteiger partial charge is 0.455 e. The summed E-state index contributed by atoms with van der Waals surface area (Å²) in [7, 11) is 0. The van der Waals surface area contributed by atoms with Gasteiger partial charge in [-0.1, -0.05) is 6.07 Å². The van der Waals surface area contributed by atoms with Crippen LogP contribution in [0.2, 0.25) is 0 Å². The number of rotatable bonds is 7. The topological polar surface area (TPSA) is 98.5 Å². The summed E-state index contributed by atoms with van der Waals surface area (Å²) >= 11 is 1.32. The number of nitro benzene ring substituents is 1. The minimum Gasteiger partial charge on any atom is -0.455 e. The Morgan fingerprint density at radius 3 is 2.32 bits per heavy atom. The first kappa shape index (κ1) is 21.4. The number of benzene rings is 2. The highest BCUT2D eigenvalue weighted by Crippen LogP contribution is 2.28. The predicted molar refractivity (Wildman–Crippen MR) is 109 cm³/mol. The molecule has 0 saturated heterocycles. The van der Waals surface area contributed by atoms with Crippen LogP contribution in [0.25, 0.3) is 0 Å². The minimum absolute atomic E-state index is 0.0690. The van der Waals surface area contributed by atoms with Crippen molar-refractivity contribution >= 4 is 35.0 Å². The zero-order valence-electron chi connectivity index (χ0n) is 16.2. The number of hydrogen-bond donors (Lipinski definition) is 1. The van der Waals surface area contributed by atoms with Crippen molar-refractivity contribution in [2.24, 2.45) is 0 Å². The van der Waals surface area contributed by atoms with E-state index in [0.717, 1.165) is 21.6 Å². The van der Waals surface area contributed by atoms with Crippen LogP contribution in [0.15, 0.2) is 35.2 Å². The average molecular weight is 402 g/mol. The van der Waals surface area contributed by atoms with Crippen LogP contribution in [-0.2, 0) is 14.3 Å². The Hall–Kier alpha value is -2.87. The van der Waals surface area contributed by atoms with Gasteiger partial charge in [0.15, 0.2) is 6.61 Å². The molecule has 1 amide bonds. The van der Waals surface area contributed by atoms with Crippen LogP contribution in [0, 0.1) is 37.8 Å². The number of carbonyl (C=O) groups excluding carboxylic acids is 2. The predicted octanol–water partition coefficient (Wildman–Crippen LogP) is 4.10. The van der Waals surface area contributed by atoms with Gasteiger partial charge in [-0.05, 0) is 68.1 Å². The maximum atomic E-state index is 12.0. The summed E-state index contributed by atoms with van der Waals surface area (Å²) in [6.45, 7) is 7.04. The summed E-state index contributed by atoms with van der Waals surface area (Å²) < 4.78 is 4.96. The number of ether oxygens (including phenoxy) is 1. The van der Waals surface area contributed by atoms with Crippen molar-refractivity contribution in [2.45, 2.75) is 32.6 Å². The van der Waals surface area contributed by atoms with E-state index in [1.165, 1.54) is 29.5 Å². The molecule has 8 heteroatoms. The van der Waals surface area contributed by atoms with Gasteiger partial charge in [-0.2, -0.15) is 0 Å². The number of carbonyl (C=O) groups is 2. The molecule has 28 heavy (non-hydrogen) atoms. The van der Waals surface area contributed by atoms with Crippen LogP contribution in [0.4, 0.5) is 11.4 Å². The second-order valence-electron chi connectivity index (χ2n) is 6.45. The van der Waals surface area contributed by atoms with Gasteiger partial charge in [0.1, 0.15) is 5.69 Å². The number of aryl methyl sites for hydroxylation is 4. The first-order valence-corrected chi connectivity index (χ1v) is 9.57. The van der Waals surface area contributed by atoms with Crippen LogP contribution < -0.4 is 5.32 Å². The zero-order valence-corrected chi connectivity index (χ0v) is 17.0. The first-order valence-electron chi connectivity index (χ1n) is 8.58. The summed E-state index contributed by atoms with van der Waals surface area (Å²) in [6, 6.07) is 8.82. The molecule has 0 heterocycles. The van der Waals surface area contributed by atoms with Gasteiger partial charge in [-0.15, -0.1) is 11.8 Å². The van der Waals surface area contributed by atoms with Crippen molar-refractivity contribution in [3.8, 4) is 0 Å². The molecule has 0 fully saturated rings. The van der Waals surface area contributed by atoms with E-state index >= 15 is 0 Å². The molecule has 7 nitrogen and oxygen atoms in total. The second kappa shape index (κ2) is 9.36. The fourth-order valence-corrected chi connectivity index (χ4v) is 3.16. The van der Waals surface area contributed by atoms with Gasteiger partial charge in [0.25, 0.3) is 11.6 Å². The molecule has 0 aromatic heterocycles. The van der Waals surface area contributed by atoms with E-state index < -0.39 is 23.4 Å². The van der Waals surface area contributed by atoms with Crippen molar-refractivity contribution in [1.82, 2.24) is 0 Å². The Morgan fingerprint density at radius 2 is 1.68 bits per heavy atom. The third-order valence-electron chi connectivity index (χ3n) is 4.28. The van der Waals surface area contributed by atoms with Gasteiger partial charge in [-0.3, -0.25) is 19.7 Å². The second-order valence-corrected chi connectivity index (χ2v) is 7.50. The van der Waals surface area contributed by atoms with Gasteiger partial charge >= 0.3 is 5.97 Å². The number of hydrogen-bond acceptors (Lipinski definition) is 6. The van der Waals surface area contributed by atoms with Crippen LogP contribution in [0.3, 0.4) is 0 Å². The molecule has 0 saturated carbocycles. The van der Waals surface area contributed by atoms with Gasteiger partial charge in [-0.25, -0.2) is 0 Å². The quantitative estimate of drug-likeness (QED) is 0.324. The third kappa shape index (κ3) is 5.82. The molecule has 0 aliphatic carbocycles. The molecule has 0 spiro atoms. The third-order valence-corrected chi connectivity index (χ3v) is 5.25. The minimum atomic E-state index is -0.629. The Balaban J connectivity index is 1.88. The van der Waals surface area contributed by atoms with Crippen molar-refractivity contribution in [3.05, 3.63) is 62.7 Å². The number of esters is 1. The lowest BCUT2D eigenvalue weighted by molar-refractivity contribution is -0.384. The molecule has 0 radical (unpaired) electrons. The van der Waals surface area contributed by atoms with Crippen LogP contribution >= 0.6 is 11.8 Å². The number of amides is 1. The molecule has 0 bridgehead atoms. The fourth-order valence-electron chi connectivity index (χ4n) is 2.37. The molecule has 2 rings (SSSR count). The van der Waals surface area contributed by atoms with E-state index in [1.807, 2.05) is 32.0 Å². The maximum absolute atomic E-state index is 12.0. The Bertz CT molecular complexity index is 927. The highest BCUT2D eigenvalue weighted by molar-refractivity contribution is 8.00. The smallest absolute Gasteiger partial charge is 0.316 e. The zero-order chi connectivity index (χ0) is 20.8. The first-order chi connectivity index (χ1) is 13.2. The lowest BCUT2D eigenvalue weighted by Gasteiger charge is -2.09. The fraction of sp³-hybridized carbons (Fsp3) is 0.300.